The van der Waals surface area contributed by atoms with Gasteiger partial charge in [0.25, 0.3) is 0 Å². The van der Waals surface area contributed by atoms with E-state index in [0.717, 1.165) is 56.8 Å². The average molecular weight is 391 g/mol. The van der Waals surface area contributed by atoms with E-state index in [1.165, 1.54) is 11.1 Å². The van der Waals surface area contributed by atoms with E-state index in [2.05, 4.69) is 52.0 Å². The van der Waals surface area contributed by atoms with Crippen molar-refractivity contribution in [1.82, 2.24) is 14.9 Å². The lowest BCUT2D eigenvalue weighted by molar-refractivity contribution is -0.125. The molecule has 29 heavy (non-hydrogen) atoms. The molecule has 152 valence electrons. The number of fused-ring (bicyclic) bond motifs is 1. The van der Waals surface area contributed by atoms with E-state index in [1.807, 2.05) is 24.3 Å². The molecule has 1 aliphatic rings. The predicted octanol–water partition coefficient (Wildman–Crippen LogP) is 4.02. The number of nitrogens with zero attached hydrogens (tertiary/aromatic N) is 3. The molecule has 3 aromatic rings. The number of rotatable bonds is 7. The molecule has 1 amide bonds. The minimum atomic E-state index is 0.0226. The smallest absolute Gasteiger partial charge is 0.224 e. The Bertz CT molecular complexity index is 950. The van der Waals surface area contributed by atoms with Crippen LogP contribution < -0.4 is 10.2 Å². The van der Waals surface area contributed by atoms with Crippen LogP contribution in [0.1, 0.15) is 31.7 Å². The van der Waals surface area contributed by atoms with Crippen LogP contribution in [0.4, 0.5) is 5.95 Å². The van der Waals surface area contributed by atoms with Crippen LogP contribution in [0.2, 0.25) is 0 Å². The van der Waals surface area contributed by atoms with Crippen molar-refractivity contribution in [3.8, 4) is 0 Å². The van der Waals surface area contributed by atoms with Crippen LogP contribution in [0.5, 0.6) is 0 Å². The molecule has 1 aliphatic heterocycles. The van der Waals surface area contributed by atoms with Crippen LogP contribution in [-0.2, 0) is 17.8 Å². The molecule has 1 saturated heterocycles. The van der Waals surface area contributed by atoms with Crippen molar-refractivity contribution in [1.29, 1.82) is 0 Å². The lowest BCUT2D eigenvalue weighted by Crippen LogP contribution is -2.44. The van der Waals surface area contributed by atoms with Crippen molar-refractivity contribution in [3.63, 3.8) is 0 Å². The van der Waals surface area contributed by atoms with Gasteiger partial charge in [0.05, 0.1) is 17.0 Å². The Morgan fingerprint density at radius 3 is 2.76 bits per heavy atom. The molecule has 0 spiro atoms. The number of nitrogens with one attached hydrogen (secondary N) is 1. The summed E-state index contributed by atoms with van der Waals surface area (Å²) >= 11 is 0. The van der Waals surface area contributed by atoms with Crippen molar-refractivity contribution in [2.45, 2.75) is 39.2 Å². The standard InChI is InChI=1S/C24H30N4O/c1-2-16-28-22-13-7-6-12-21(22)26-24(28)27-17-8-11-20(18-27)23(29)25-15-14-19-9-4-3-5-10-19/h3-7,9-10,12-13,20H,2,8,11,14-18H2,1H3,(H,25,29). The SMILES string of the molecule is CCCn1c(N2CCCC(C(=O)NCCc3ccccc3)C2)nc2ccccc21. The highest BCUT2D eigenvalue weighted by atomic mass is 16.1. The van der Waals surface area contributed by atoms with Crippen LogP contribution in [0.15, 0.2) is 54.6 Å². The number of aromatic nitrogens is 2. The molecule has 0 radical (unpaired) electrons. The molecule has 0 aliphatic carbocycles. The van der Waals surface area contributed by atoms with E-state index in [9.17, 15) is 4.79 Å². The molecule has 1 aromatic heterocycles. The van der Waals surface area contributed by atoms with Crippen LogP contribution in [0.25, 0.3) is 11.0 Å². The molecule has 1 fully saturated rings. The maximum absolute atomic E-state index is 12.8. The van der Waals surface area contributed by atoms with Gasteiger partial charge in [-0.3, -0.25) is 4.79 Å². The van der Waals surface area contributed by atoms with E-state index in [-0.39, 0.29) is 11.8 Å². The van der Waals surface area contributed by atoms with Crippen molar-refractivity contribution in [2.75, 3.05) is 24.5 Å². The Balaban J connectivity index is 1.42. The number of imidazole rings is 1. The first-order valence-electron chi connectivity index (χ1n) is 10.8. The number of carbonyl (C=O) groups is 1. The maximum atomic E-state index is 12.8. The summed E-state index contributed by atoms with van der Waals surface area (Å²) in [4.78, 5) is 20.0. The topological polar surface area (TPSA) is 50.2 Å². The van der Waals surface area contributed by atoms with Crippen molar-refractivity contribution in [3.05, 3.63) is 60.2 Å². The fourth-order valence-corrected chi connectivity index (χ4v) is 4.24. The van der Waals surface area contributed by atoms with Gasteiger partial charge in [0.2, 0.25) is 11.9 Å². The van der Waals surface area contributed by atoms with E-state index in [4.69, 9.17) is 4.98 Å². The minimum absolute atomic E-state index is 0.0226. The largest absolute Gasteiger partial charge is 0.355 e. The third kappa shape index (κ3) is 4.44. The second-order valence-corrected chi connectivity index (χ2v) is 7.86. The third-order valence-corrected chi connectivity index (χ3v) is 5.71. The fourth-order valence-electron chi connectivity index (χ4n) is 4.24. The summed E-state index contributed by atoms with van der Waals surface area (Å²) in [5.41, 5.74) is 3.47. The summed E-state index contributed by atoms with van der Waals surface area (Å²) in [6.45, 7) is 5.52. The van der Waals surface area contributed by atoms with Gasteiger partial charge in [-0.25, -0.2) is 4.98 Å². The number of anilines is 1. The number of para-hydroxylation sites is 2. The van der Waals surface area contributed by atoms with Crippen LogP contribution in [0.3, 0.4) is 0 Å². The highest BCUT2D eigenvalue weighted by Crippen LogP contribution is 2.27. The zero-order valence-electron chi connectivity index (χ0n) is 17.2. The number of carbonyl (C=O) groups excluding carboxylic acids is 1. The number of aryl methyl sites for hydroxylation is 1. The quantitative estimate of drug-likeness (QED) is 0.663. The Morgan fingerprint density at radius 1 is 1.14 bits per heavy atom. The summed E-state index contributed by atoms with van der Waals surface area (Å²) in [6.07, 6.45) is 3.90. The van der Waals surface area contributed by atoms with Crippen molar-refractivity contribution < 1.29 is 4.79 Å². The number of benzene rings is 2. The predicted molar refractivity (Wildman–Crippen MR) is 118 cm³/mol. The number of piperidine rings is 1. The lowest BCUT2D eigenvalue weighted by Gasteiger charge is -2.33. The van der Waals surface area contributed by atoms with E-state index in [0.29, 0.717) is 6.54 Å². The Labute approximate surface area is 172 Å². The van der Waals surface area contributed by atoms with Gasteiger partial charge >= 0.3 is 0 Å². The van der Waals surface area contributed by atoms with Crippen LogP contribution >= 0.6 is 0 Å². The van der Waals surface area contributed by atoms with Gasteiger partial charge in [-0.15, -0.1) is 0 Å². The van der Waals surface area contributed by atoms with Gasteiger partial charge in [-0.05, 0) is 43.4 Å². The normalized spacial score (nSPS) is 16.9. The van der Waals surface area contributed by atoms with E-state index < -0.39 is 0 Å². The van der Waals surface area contributed by atoms with E-state index >= 15 is 0 Å². The maximum Gasteiger partial charge on any atom is 0.224 e. The summed E-state index contributed by atoms with van der Waals surface area (Å²) in [7, 11) is 0. The first-order valence-corrected chi connectivity index (χ1v) is 10.8. The Hall–Kier alpha value is -2.82. The zero-order valence-corrected chi connectivity index (χ0v) is 17.2. The lowest BCUT2D eigenvalue weighted by atomic mass is 9.97. The monoisotopic (exact) mass is 390 g/mol. The average Bonchev–Trinajstić information content (AvgIpc) is 3.13. The number of amides is 1. The first-order chi connectivity index (χ1) is 14.3. The summed E-state index contributed by atoms with van der Waals surface area (Å²) in [6, 6.07) is 18.6. The molecule has 1 atom stereocenters. The highest BCUT2D eigenvalue weighted by Gasteiger charge is 2.28. The van der Waals surface area contributed by atoms with Gasteiger partial charge < -0.3 is 14.8 Å². The van der Waals surface area contributed by atoms with Crippen LogP contribution in [-0.4, -0.2) is 35.1 Å². The second kappa shape index (κ2) is 9.12. The van der Waals surface area contributed by atoms with Crippen molar-refractivity contribution >= 4 is 22.9 Å². The van der Waals surface area contributed by atoms with Gasteiger partial charge in [0.1, 0.15) is 0 Å². The summed E-state index contributed by atoms with van der Waals surface area (Å²) < 4.78 is 2.31. The first kappa shape index (κ1) is 19.5. The second-order valence-electron chi connectivity index (χ2n) is 7.86. The van der Waals surface area contributed by atoms with Crippen LogP contribution in [0, 0.1) is 5.92 Å². The molecule has 2 heterocycles. The van der Waals surface area contributed by atoms with E-state index in [1.54, 1.807) is 0 Å². The van der Waals surface area contributed by atoms with Gasteiger partial charge in [0.15, 0.2) is 0 Å². The molecule has 4 rings (SSSR count). The van der Waals surface area contributed by atoms with Gasteiger partial charge in [0, 0.05) is 26.2 Å². The molecule has 1 N–H and O–H groups in total. The highest BCUT2D eigenvalue weighted by molar-refractivity contribution is 5.81. The number of hydrogen-bond acceptors (Lipinski definition) is 3. The fraction of sp³-hybridized carbons (Fsp3) is 0.417. The molecule has 0 saturated carbocycles. The van der Waals surface area contributed by atoms with Crippen molar-refractivity contribution in [2.24, 2.45) is 5.92 Å². The van der Waals surface area contributed by atoms with Gasteiger partial charge in [-0.1, -0.05) is 49.4 Å². The number of hydrogen-bond donors (Lipinski definition) is 1. The molecule has 2 aromatic carbocycles. The molecule has 1 unspecified atom stereocenters. The summed E-state index contributed by atoms with van der Waals surface area (Å²) in [5, 5.41) is 3.15. The molecular weight excluding hydrogens is 360 g/mol. The Kier molecular flexibility index (Phi) is 6.13. The minimum Gasteiger partial charge on any atom is -0.355 e. The van der Waals surface area contributed by atoms with Gasteiger partial charge in [-0.2, -0.15) is 0 Å². The third-order valence-electron chi connectivity index (χ3n) is 5.71. The molecule has 5 heteroatoms. The summed E-state index contributed by atoms with van der Waals surface area (Å²) in [5.74, 6) is 1.20. The molecule has 0 bridgehead atoms. The molecule has 5 nitrogen and oxygen atoms in total. The zero-order chi connectivity index (χ0) is 20.1. The molecular formula is C24H30N4O. The Morgan fingerprint density at radius 2 is 1.93 bits per heavy atom.